The van der Waals surface area contributed by atoms with Crippen LogP contribution in [0.15, 0.2) is 42.5 Å². The number of hydrogen-bond donors (Lipinski definition) is 1. The van der Waals surface area contributed by atoms with Gasteiger partial charge in [-0.1, -0.05) is 24.3 Å². The van der Waals surface area contributed by atoms with Crippen molar-refractivity contribution in [2.75, 3.05) is 20.8 Å². The van der Waals surface area contributed by atoms with E-state index in [1.165, 1.54) is 0 Å². The average Bonchev–Trinajstić information content (AvgIpc) is 2.86. The molecule has 0 radical (unpaired) electrons. The largest absolute Gasteiger partial charge is 0.493 e. The molecule has 2 unspecified atom stereocenters. The molecular formula is C18H19NO5. The van der Waals surface area contributed by atoms with Crippen LogP contribution in [-0.2, 0) is 9.59 Å². The molecule has 6 heteroatoms. The van der Waals surface area contributed by atoms with Crippen LogP contribution in [0.25, 0.3) is 0 Å². The van der Waals surface area contributed by atoms with Crippen LogP contribution in [0.3, 0.4) is 0 Å². The zero-order valence-corrected chi connectivity index (χ0v) is 13.6. The lowest BCUT2D eigenvalue weighted by atomic mass is 9.72. The van der Waals surface area contributed by atoms with Gasteiger partial charge in [-0.05, 0) is 12.1 Å². The fraction of sp³-hybridized carbons (Fsp3) is 0.333. The van der Waals surface area contributed by atoms with Crippen molar-refractivity contribution in [2.45, 2.75) is 6.42 Å². The monoisotopic (exact) mass is 329 g/mol. The van der Waals surface area contributed by atoms with Crippen LogP contribution in [0.2, 0.25) is 0 Å². The van der Waals surface area contributed by atoms with Crippen LogP contribution in [-0.4, -0.2) is 32.6 Å². The second-order valence-electron chi connectivity index (χ2n) is 5.70. The molecule has 1 aromatic rings. The Morgan fingerprint density at radius 3 is 2.67 bits per heavy atom. The number of carbonyl (C=O) groups is 2. The smallest absolute Gasteiger partial charge is 0.237 e. The standard InChI is InChI=1S/C18H19NO5/c1-22-14-7-6-12(11-15(14)23-2)24-10-9-18-8-4-3-5-13(18)16(20)19-17(18)21/h3-8,11,13H,9-10H2,1-2H3,(H,19,20,21). The lowest BCUT2D eigenvalue weighted by Gasteiger charge is -2.28. The molecule has 2 atom stereocenters. The van der Waals surface area contributed by atoms with E-state index < -0.39 is 11.3 Å². The summed E-state index contributed by atoms with van der Waals surface area (Å²) >= 11 is 0. The third kappa shape index (κ3) is 2.64. The zero-order chi connectivity index (χ0) is 17.2. The third-order valence-corrected chi connectivity index (χ3v) is 4.44. The van der Waals surface area contributed by atoms with Gasteiger partial charge in [0, 0.05) is 12.5 Å². The number of hydrogen-bond acceptors (Lipinski definition) is 5. The number of ether oxygens (including phenoxy) is 3. The lowest BCUT2D eigenvalue weighted by Crippen LogP contribution is -2.35. The number of benzene rings is 1. The maximum Gasteiger partial charge on any atom is 0.237 e. The fourth-order valence-electron chi connectivity index (χ4n) is 3.12. The molecule has 1 saturated heterocycles. The van der Waals surface area contributed by atoms with Gasteiger partial charge in [-0.3, -0.25) is 14.9 Å². The van der Waals surface area contributed by atoms with Crippen LogP contribution in [0.5, 0.6) is 17.2 Å². The first-order chi connectivity index (χ1) is 11.6. The lowest BCUT2D eigenvalue weighted by molar-refractivity contribution is -0.127. The number of imide groups is 1. The minimum Gasteiger partial charge on any atom is -0.493 e. The van der Waals surface area contributed by atoms with Crippen LogP contribution < -0.4 is 19.5 Å². The Kier molecular flexibility index (Phi) is 4.29. The van der Waals surface area contributed by atoms with Crippen LogP contribution in [0.1, 0.15) is 6.42 Å². The van der Waals surface area contributed by atoms with Gasteiger partial charge in [-0.25, -0.2) is 0 Å². The van der Waals surface area contributed by atoms with Crippen molar-refractivity contribution >= 4 is 11.8 Å². The summed E-state index contributed by atoms with van der Waals surface area (Å²) in [6.45, 7) is 0.296. The second-order valence-corrected chi connectivity index (χ2v) is 5.70. The predicted molar refractivity (Wildman–Crippen MR) is 87.0 cm³/mol. The zero-order valence-electron chi connectivity index (χ0n) is 13.6. The van der Waals surface area contributed by atoms with E-state index in [1.807, 2.05) is 0 Å². The molecule has 3 rings (SSSR count). The normalized spacial score (nSPS) is 24.5. The van der Waals surface area contributed by atoms with Crippen molar-refractivity contribution in [2.24, 2.45) is 11.3 Å². The van der Waals surface area contributed by atoms with E-state index in [-0.39, 0.29) is 11.8 Å². The van der Waals surface area contributed by atoms with E-state index in [0.29, 0.717) is 30.3 Å². The molecule has 1 fully saturated rings. The number of methoxy groups -OCH3 is 2. The first kappa shape index (κ1) is 16.1. The summed E-state index contributed by atoms with van der Waals surface area (Å²) in [7, 11) is 3.12. The van der Waals surface area contributed by atoms with Gasteiger partial charge in [0.2, 0.25) is 11.8 Å². The van der Waals surface area contributed by atoms with Crippen molar-refractivity contribution in [3.8, 4) is 17.2 Å². The van der Waals surface area contributed by atoms with E-state index in [9.17, 15) is 9.59 Å². The molecule has 0 bridgehead atoms. The van der Waals surface area contributed by atoms with Gasteiger partial charge < -0.3 is 14.2 Å². The summed E-state index contributed by atoms with van der Waals surface area (Å²) in [6.07, 6.45) is 7.54. The molecule has 6 nitrogen and oxygen atoms in total. The Morgan fingerprint density at radius 2 is 1.92 bits per heavy atom. The minimum absolute atomic E-state index is 0.258. The van der Waals surface area contributed by atoms with Crippen molar-refractivity contribution < 1.29 is 23.8 Å². The van der Waals surface area contributed by atoms with Gasteiger partial charge in [-0.2, -0.15) is 0 Å². The number of rotatable bonds is 6. The number of fused-ring (bicyclic) bond motifs is 1. The average molecular weight is 329 g/mol. The number of nitrogens with one attached hydrogen (secondary N) is 1. The Labute approximate surface area is 140 Å². The molecular weight excluding hydrogens is 310 g/mol. The summed E-state index contributed by atoms with van der Waals surface area (Å²) in [6, 6.07) is 5.25. The number of allylic oxidation sites excluding steroid dienone is 2. The highest BCUT2D eigenvalue weighted by Crippen LogP contribution is 2.41. The van der Waals surface area contributed by atoms with Gasteiger partial charge in [0.15, 0.2) is 11.5 Å². The van der Waals surface area contributed by atoms with Gasteiger partial charge in [-0.15, -0.1) is 0 Å². The molecule has 2 aliphatic rings. The molecule has 1 aliphatic carbocycles. The highest BCUT2D eigenvalue weighted by Gasteiger charge is 2.52. The molecule has 1 heterocycles. The summed E-state index contributed by atoms with van der Waals surface area (Å²) < 4.78 is 16.2. The summed E-state index contributed by atoms with van der Waals surface area (Å²) in [5.74, 6) is 0.801. The van der Waals surface area contributed by atoms with E-state index in [2.05, 4.69) is 5.32 Å². The summed E-state index contributed by atoms with van der Waals surface area (Å²) in [4.78, 5) is 24.2. The molecule has 2 amide bonds. The van der Waals surface area contributed by atoms with E-state index >= 15 is 0 Å². The van der Waals surface area contributed by atoms with E-state index in [0.717, 1.165) is 0 Å². The highest BCUT2D eigenvalue weighted by atomic mass is 16.5. The fourth-order valence-corrected chi connectivity index (χ4v) is 3.12. The Morgan fingerprint density at radius 1 is 1.12 bits per heavy atom. The van der Waals surface area contributed by atoms with Crippen molar-refractivity contribution in [1.29, 1.82) is 0 Å². The highest BCUT2D eigenvalue weighted by molar-refractivity contribution is 6.09. The van der Waals surface area contributed by atoms with Gasteiger partial charge in [0.05, 0.1) is 32.2 Å². The van der Waals surface area contributed by atoms with Gasteiger partial charge in [0.25, 0.3) is 0 Å². The van der Waals surface area contributed by atoms with Crippen molar-refractivity contribution in [3.63, 3.8) is 0 Å². The SMILES string of the molecule is COc1ccc(OCCC23C=CC=CC2C(=O)NC3=O)cc1OC. The quantitative estimate of drug-likeness (QED) is 0.807. The second kappa shape index (κ2) is 6.39. The third-order valence-electron chi connectivity index (χ3n) is 4.44. The Hall–Kier alpha value is -2.76. The Balaban J connectivity index is 1.70. The molecule has 0 saturated carbocycles. The number of amides is 2. The van der Waals surface area contributed by atoms with Crippen molar-refractivity contribution in [1.82, 2.24) is 5.32 Å². The van der Waals surface area contributed by atoms with E-state index in [1.54, 1.807) is 56.7 Å². The number of carbonyl (C=O) groups excluding carboxylic acids is 2. The van der Waals surface area contributed by atoms with Crippen molar-refractivity contribution in [3.05, 3.63) is 42.5 Å². The topological polar surface area (TPSA) is 73.9 Å². The van der Waals surface area contributed by atoms with Gasteiger partial charge in [0.1, 0.15) is 5.75 Å². The Bertz CT molecular complexity index is 724. The first-order valence-corrected chi connectivity index (χ1v) is 7.67. The van der Waals surface area contributed by atoms with Gasteiger partial charge >= 0.3 is 0 Å². The molecule has 0 aromatic heterocycles. The first-order valence-electron chi connectivity index (χ1n) is 7.67. The maximum atomic E-state index is 12.3. The van der Waals surface area contributed by atoms with Crippen LogP contribution in [0, 0.1) is 11.3 Å². The molecule has 0 spiro atoms. The van der Waals surface area contributed by atoms with Crippen LogP contribution in [0.4, 0.5) is 0 Å². The minimum atomic E-state index is -0.859. The molecule has 24 heavy (non-hydrogen) atoms. The molecule has 126 valence electrons. The molecule has 1 N–H and O–H groups in total. The molecule has 1 aliphatic heterocycles. The maximum absolute atomic E-state index is 12.3. The van der Waals surface area contributed by atoms with Crippen LogP contribution >= 0.6 is 0 Å². The summed E-state index contributed by atoms with van der Waals surface area (Å²) in [5, 5.41) is 2.41. The summed E-state index contributed by atoms with van der Waals surface area (Å²) in [5.41, 5.74) is -0.859. The predicted octanol–water partition coefficient (Wildman–Crippen LogP) is 1.86. The molecule has 1 aromatic carbocycles. The van der Waals surface area contributed by atoms with E-state index in [4.69, 9.17) is 14.2 Å².